The van der Waals surface area contributed by atoms with Crippen LogP contribution in [0, 0.1) is 17.2 Å². The highest BCUT2D eigenvalue weighted by Gasteiger charge is 2.24. The highest BCUT2D eigenvalue weighted by Crippen LogP contribution is 2.24. The predicted octanol–water partition coefficient (Wildman–Crippen LogP) is 2.86. The number of benzene rings is 1. The molecule has 0 radical (unpaired) electrons. The molecular weight excluding hydrogens is 300 g/mol. The molecule has 0 aliphatic carbocycles. The fourth-order valence-corrected chi connectivity index (χ4v) is 3.37. The van der Waals surface area contributed by atoms with E-state index in [0.29, 0.717) is 17.5 Å². The average Bonchev–Trinajstić information content (AvgIpc) is 3.26. The molecule has 3 rings (SSSR count). The highest BCUT2D eigenvalue weighted by atomic mass is 16.5. The number of ether oxygens (including phenoxy) is 1. The van der Waals surface area contributed by atoms with Gasteiger partial charge in [0.25, 0.3) is 0 Å². The summed E-state index contributed by atoms with van der Waals surface area (Å²) in [6.07, 6.45) is 4.31. The van der Waals surface area contributed by atoms with Crippen LogP contribution < -0.4 is 5.32 Å². The molecule has 126 valence electrons. The molecule has 2 atom stereocenters. The summed E-state index contributed by atoms with van der Waals surface area (Å²) in [6.45, 7) is 4.76. The maximum Gasteiger partial charge on any atom is 0.0991 e. The van der Waals surface area contributed by atoms with Gasteiger partial charge in [-0.25, -0.2) is 0 Å². The second-order valence-electron chi connectivity index (χ2n) is 6.39. The summed E-state index contributed by atoms with van der Waals surface area (Å²) in [7, 11) is 1.94. The van der Waals surface area contributed by atoms with Crippen LogP contribution in [0.4, 0.5) is 0 Å². The fourth-order valence-electron chi connectivity index (χ4n) is 3.37. The second kappa shape index (κ2) is 7.61. The minimum Gasteiger partial charge on any atom is -0.381 e. The Kier molecular flexibility index (Phi) is 5.29. The van der Waals surface area contributed by atoms with Gasteiger partial charge in [-0.2, -0.15) is 10.4 Å². The Bertz CT molecular complexity index is 708. The zero-order chi connectivity index (χ0) is 16.9. The normalized spacial score (nSPS) is 18.5. The number of hydrogen-bond donors (Lipinski definition) is 1. The standard InChI is InChI=1S/C19H24N4O/c1-3-18(16-8-9-24-13-16)21-11-17-12-23(2)22-19(17)15-6-4-14(10-20)5-7-15/h4-7,12,16,18,21H,3,8-9,11,13H2,1-2H3. The Morgan fingerprint density at radius 1 is 1.42 bits per heavy atom. The maximum absolute atomic E-state index is 8.94. The van der Waals surface area contributed by atoms with Gasteiger partial charge in [0.2, 0.25) is 0 Å². The van der Waals surface area contributed by atoms with Gasteiger partial charge in [0, 0.05) is 43.6 Å². The molecule has 1 N–H and O–H groups in total. The molecule has 1 aliphatic rings. The van der Waals surface area contributed by atoms with Crippen molar-refractivity contribution in [1.29, 1.82) is 5.26 Å². The number of rotatable bonds is 6. The lowest BCUT2D eigenvalue weighted by atomic mass is 9.96. The van der Waals surface area contributed by atoms with Gasteiger partial charge in [-0.15, -0.1) is 0 Å². The van der Waals surface area contributed by atoms with Gasteiger partial charge in [-0.1, -0.05) is 19.1 Å². The lowest BCUT2D eigenvalue weighted by Crippen LogP contribution is -2.35. The van der Waals surface area contributed by atoms with Gasteiger partial charge in [-0.3, -0.25) is 4.68 Å². The van der Waals surface area contributed by atoms with Crippen molar-refractivity contribution in [2.75, 3.05) is 13.2 Å². The zero-order valence-corrected chi connectivity index (χ0v) is 14.3. The van der Waals surface area contributed by atoms with Crippen LogP contribution >= 0.6 is 0 Å². The minimum absolute atomic E-state index is 0.474. The largest absolute Gasteiger partial charge is 0.381 e. The predicted molar refractivity (Wildman–Crippen MR) is 93.2 cm³/mol. The van der Waals surface area contributed by atoms with Crippen LogP contribution in [0.2, 0.25) is 0 Å². The first-order valence-corrected chi connectivity index (χ1v) is 8.55. The van der Waals surface area contributed by atoms with E-state index in [0.717, 1.165) is 43.9 Å². The Morgan fingerprint density at radius 3 is 2.83 bits per heavy atom. The number of aryl methyl sites for hydroxylation is 1. The number of nitrogens with one attached hydrogen (secondary N) is 1. The van der Waals surface area contributed by atoms with Gasteiger partial charge in [0.1, 0.15) is 0 Å². The van der Waals surface area contributed by atoms with Gasteiger partial charge in [-0.05, 0) is 30.9 Å². The quantitative estimate of drug-likeness (QED) is 0.887. The van der Waals surface area contributed by atoms with Crippen LogP contribution in [0.15, 0.2) is 30.5 Å². The summed E-state index contributed by atoms with van der Waals surface area (Å²) < 4.78 is 7.38. The van der Waals surface area contributed by atoms with Crippen molar-refractivity contribution >= 4 is 0 Å². The first-order valence-electron chi connectivity index (χ1n) is 8.55. The van der Waals surface area contributed by atoms with Gasteiger partial charge < -0.3 is 10.1 Å². The summed E-state index contributed by atoms with van der Waals surface area (Å²) in [5.41, 5.74) is 3.87. The Balaban J connectivity index is 1.74. The molecule has 2 heterocycles. The van der Waals surface area contributed by atoms with Gasteiger partial charge in [0.05, 0.1) is 23.9 Å². The lowest BCUT2D eigenvalue weighted by molar-refractivity contribution is 0.175. The first-order chi connectivity index (χ1) is 11.7. The van der Waals surface area contributed by atoms with E-state index in [1.807, 2.05) is 36.0 Å². The summed E-state index contributed by atoms with van der Waals surface area (Å²) >= 11 is 0. The molecule has 1 saturated heterocycles. The van der Waals surface area contributed by atoms with Crippen LogP contribution in [0.3, 0.4) is 0 Å². The molecule has 0 bridgehead atoms. The monoisotopic (exact) mass is 324 g/mol. The molecule has 0 amide bonds. The van der Waals surface area contributed by atoms with E-state index in [1.165, 1.54) is 5.56 Å². The third-order valence-electron chi connectivity index (χ3n) is 4.72. The second-order valence-corrected chi connectivity index (χ2v) is 6.39. The van der Waals surface area contributed by atoms with Crippen molar-refractivity contribution in [2.24, 2.45) is 13.0 Å². The van der Waals surface area contributed by atoms with E-state index in [4.69, 9.17) is 10.00 Å². The fraction of sp³-hybridized carbons (Fsp3) is 0.474. The molecule has 24 heavy (non-hydrogen) atoms. The van der Waals surface area contributed by atoms with E-state index in [-0.39, 0.29) is 0 Å². The molecule has 0 spiro atoms. The van der Waals surface area contributed by atoms with E-state index in [2.05, 4.69) is 29.6 Å². The van der Waals surface area contributed by atoms with Crippen LogP contribution in [-0.4, -0.2) is 29.0 Å². The molecule has 1 aliphatic heterocycles. The third kappa shape index (κ3) is 3.66. The summed E-state index contributed by atoms with van der Waals surface area (Å²) in [4.78, 5) is 0. The SMILES string of the molecule is CCC(NCc1cn(C)nc1-c1ccc(C#N)cc1)C1CCOC1. The van der Waals surface area contributed by atoms with E-state index in [9.17, 15) is 0 Å². The summed E-state index contributed by atoms with van der Waals surface area (Å²) in [6, 6.07) is 10.2. The van der Waals surface area contributed by atoms with E-state index in [1.54, 1.807) is 0 Å². The Morgan fingerprint density at radius 2 is 2.21 bits per heavy atom. The molecule has 1 aromatic carbocycles. The van der Waals surface area contributed by atoms with Gasteiger partial charge >= 0.3 is 0 Å². The molecule has 2 aromatic rings. The van der Waals surface area contributed by atoms with Gasteiger partial charge in [0.15, 0.2) is 0 Å². The van der Waals surface area contributed by atoms with Crippen LogP contribution in [0.1, 0.15) is 30.9 Å². The number of aromatic nitrogens is 2. The number of nitrogens with zero attached hydrogens (tertiary/aromatic N) is 3. The molecular formula is C19H24N4O. The minimum atomic E-state index is 0.474. The van der Waals surface area contributed by atoms with E-state index >= 15 is 0 Å². The van der Waals surface area contributed by atoms with Crippen LogP contribution in [0.5, 0.6) is 0 Å². The highest BCUT2D eigenvalue weighted by molar-refractivity contribution is 5.63. The topological polar surface area (TPSA) is 62.9 Å². The van der Waals surface area contributed by atoms with Crippen molar-refractivity contribution in [3.8, 4) is 17.3 Å². The van der Waals surface area contributed by atoms with E-state index < -0.39 is 0 Å². The average molecular weight is 324 g/mol. The van der Waals surface area contributed by atoms with Crippen molar-refractivity contribution in [2.45, 2.75) is 32.4 Å². The molecule has 1 aromatic heterocycles. The zero-order valence-electron chi connectivity index (χ0n) is 14.3. The Labute approximate surface area is 143 Å². The summed E-state index contributed by atoms with van der Waals surface area (Å²) in [5, 5.41) is 17.2. The maximum atomic E-state index is 8.94. The molecule has 5 heteroatoms. The van der Waals surface area contributed by atoms with Crippen LogP contribution in [0.25, 0.3) is 11.3 Å². The van der Waals surface area contributed by atoms with Crippen molar-refractivity contribution in [1.82, 2.24) is 15.1 Å². The van der Waals surface area contributed by atoms with Crippen LogP contribution in [-0.2, 0) is 18.3 Å². The lowest BCUT2D eigenvalue weighted by Gasteiger charge is -2.22. The molecule has 2 unspecified atom stereocenters. The van der Waals surface area contributed by atoms with Crippen molar-refractivity contribution < 1.29 is 4.74 Å². The summed E-state index contributed by atoms with van der Waals surface area (Å²) in [5.74, 6) is 0.602. The third-order valence-corrected chi connectivity index (χ3v) is 4.72. The smallest absolute Gasteiger partial charge is 0.0991 e. The molecule has 0 saturated carbocycles. The molecule has 5 nitrogen and oxygen atoms in total. The Hall–Kier alpha value is -2.16. The van der Waals surface area contributed by atoms with Crippen molar-refractivity contribution in [3.05, 3.63) is 41.6 Å². The molecule has 1 fully saturated rings. The van der Waals surface area contributed by atoms with Crippen molar-refractivity contribution in [3.63, 3.8) is 0 Å². The number of hydrogen-bond acceptors (Lipinski definition) is 4. The first kappa shape index (κ1) is 16.7. The number of nitriles is 1.